The zero-order chi connectivity index (χ0) is 22.6. The molecular weight excluding hydrogens is 431 g/mol. The van der Waals surface area contributed by atoms with E-state index in [1.54, 1.807) is 35.2 Å². The number of hydrogen-bond acceptors (Lipinski definition) is 9. The highest BCUT2D eigenvalue weighted by Crippen LogP contribution is 2.34. The van der Waals surface area contributed by atoms with Crippen molar-refractivity contribution in [3.05, 3.63) is 48.5 Å². The van der Waals surface area contributed by atoms with Gasteiger partial charge in [0.15, 0.2) is 23.1 Å². The van der Waals surface area contributed by atoms with E-state index in [0.717, 1.165) is 19.3 Å². The molecule has 1 fully saturated rings. The molecule has 11 heteroatoms. The van der Waals surface area contributed by atoms with Gasteiger partial charge in [0.05, 0.1) is 12.4 Å². The molecule has 10 nitrogen and oxygen atoms in total. The number of hydrogen-bond donors (Lipinski definition) is 2. The lowest BCUT2D eigenvalue weighted by atomic mass is 10.1. The number of carbonyl (C=O) groups excluding carboxylic acids is 1. The van der Waals surface area contributed by atoms with Gasteiger partial charge in [0.25, 0.3) is 0 Å². The molecule has 0 unspecified atom stereocenters. The first-order valence-corrected chi connectivity index (χ1v) is 10.5. The number of halogens is 1. The van der Waals surface area contributed by atoms with Crippen molar-refractivity contribution < 1.29 is 23.4 Å². The van der Waals surface area contributed by atoms with E-state index in [-0.39, 0.29) is 11.6 Å². The molecule has 2 N–H and O–H groups in total. The largest absolute Gasteiger partial charge is 0.486 e. The maximum Gasteiger partial charge on any atom is 0.415 e. The van der Waals surface area contributed by atoms with Gasteiger partial charge in [-0.15, -0.1) is 0 Å². The Balaban J connectivity index is 1.28. The van der Waals surface area contributed by atoms with Gasteiger partial charge in [0.1, 0.15) is 24.7 Å². The molecule has 0 aliphatic carbocycles. The van der Waals surface area contributed by atoms with Gasteiger partial charge in [-0.25, -0.2) is 24.1 Å². The number of rotatable bonds is 4. The summed E-state index contributed by atoms with van der Waals surface area (Å²) in [4.78, 5) is 26.3. The van der Waals surface area contributed by atoms with Crippen molar-refractivity contribution in [3.63, 3.8) is 0 Å². The highest BCUT2D eigenvalue weighted by Gasteiger charge is 2.19. The van der Waals surface area contributed by atoms with Gasteiger partial charge in [0, 0.05) is 31.7 Å². The van der Waals surface area contributed by atoms with Gasteiger partial charge >= 0.3 is 6.09 Å². The van der Waals surface area contributed by atoms with Gasteiger partial charge in [0.2, 0.25) is 5.95 Å². The fourth-order valence-electron chi connectivity index (χ4n) is 3.46. The summed E-state index contributed by atoms with van der Waals surface area (Å²) in [6.45, 7) is 3.58. The van der Waals surface area contributed by atoms with Crippen LogP contribution < -0.4 is 24.8 Å². The zero-order valence-corrected chi connectivity index (χ0v) is 17.6. The van der Waals surface area contributed by atoms with Crippen LogP contribution in [0, 0.1) is 5.82 Å². The Morgan fingerprint density at radius 1 is 1.06 bits per heavy atom. The van der Waals surface area contributed by atoms with Gasteiger partial charge in [-0.05, 0) is 30.3 Å². The summed E-state index contributed by atoms with van der Waals surface area (Å²) in [7, 11) is 0. The Morgan fingerprint density at radius 3 is 2.67 bits per heavy atom. The van der Waals surface area contributed by atoms with Crippen molar-refractivity contribution in [2.45, 2.75) is 0 Å². The van der Waals surface area contributed by atoms with Crippen LogP contribution in [-0.4, -0.2) is 65.3 Å². The molecular formula is C22H21FN6O4. The van der Waals surface area contributed by atoms with Crippen LogP contribution in [0.5, 0.6) is 17.2 Å². The van der Waals surface area contributed by atoms with Crippen molar-refractivity contribution in [1.82, 2.24) is 25.2 Å². The third-order valence-electron chi connectivity index (χ3n) is 5.12. The number of piperazine rings is 1. The molecule has 1 saturated heterocycles. The Morgan fingerprint density at radius 2 is 1.88 bits per heavy atom. The average Bonchev–Trinajstić information content (AvgIpc) is 2.86. The van der Waals surface area contributed by atoms with Crippen molar-refractivity contribution in [2.75, 3.05) is 44.7 Å². The first-order valence-electron chi connectivity index (χ1n) is 10.5. The minimum Gasteiger partial charge on any atom is -0.486 e. The van der Waals surface area contributed by atoms with Gasteiger partial charge in [-0.1, -0.05) is 0 Å². The second-order valence-electron chi connectivity index (χ2n) is 7.36. The molecule has 0 saturated carbocycles. The van der Waals surface area contributed by atoms with Crippen molar-refractivity contribution in [3.8, 4) is 28.5 Å². The summed E-state index contributed by atoms with van der Waals surface area (Å²) in [5.74, 6) is 1.48. The van der Waals surface area contributed by atoms with Crippen molar-refractivity contribution in [1.29, 1.82) is 0 Å². The normalized spacial score (nSPS) is 15.1. The molecule has 33 heavy (non-hydrogen) atoms. The van der Waals surface area contributed by atoms with Crippen LogP contribution in [-0.2, 0) is 0 Å². The Kier molecular flexibility index (Phi) is 5.85. The van der Waals surface area contributed by atoms with E-state index in [4.69, 9.17) is 14.2 Å². The lowest BCUT2D eigenvalue weighted by Crippen LogP contribution is -2.47. The number of ether oxygens (including phenoxy) is 3. The fourth-order valence-corrected chi connectivity index (χ4v) is 3.46. The summed E-state index contributed by atoms with van der Waals surface area (Å²) in [6.07, 6.45) is 2.10. The summed E-state index contributed by atoms with van der Waals surface area (Å²) >= 11 is 0. The minimum absolute atomic E-state index is 0.117. The van der Waals surface area contributed by atoms with E-state index < -0.39 is 11.9 Å². The average molecular weight is 452 g/mol. The standard InChI is InChI=1S/C22H21FN6O4/c23-16-13-26-21(28-20(16)14-1-3-17-18(11-14)32-10-9-31-17)27-19-4-2-15(12-25-19)33-22(30)29-7-5-24-6-8-29/h1-4,11-13,24H,5-10H2,(H,25,26,27,28). The van der Waals surface area contributed by atoms with Crippen LogP contribution >= 0.6 is 0 Å². The predicted octanol–water partition coefficient (Wildman–Crippen LogP) is 2.60. The van der Waals surface area contributed by atoms with Crippen LogP contribution in [0.1, 0.15) is 0 Å². The second-order valence-corrected chi connectivity index (χ2v) is 7.36. The molecule has 0 bridgehead atoms. The molecule has 3 aromatic rings. The third kappa shape index (κ3) is 4.77. The molecule has 1 amide bonds. The van der Waals surface area contributed by atoms with Crippen LogP contribution in [0.25, 0.3) is 11.3 Å². The van der Waals surface area contributed by atoms with Crippen LogP contribution in [0.2, 0.25) is 0 Å². The summed E-state index contributed by atoms with van der Waals surface area (Å²) < 4.78 is 30.9. The molecule has 1 aromatic carbocycles. The highest BCUT2D eigenvalue weighted by molar-refractivity contribution is 5.71. The Hall–Kier alpha value is -3.99. The maximum absolute atomic E-state index is 14.5. The quantitative estimate of drug-likeness (QED) is 0.617. The molecule has 2 aromatic heterocycles. The van der Waals surface area contributed by atoms with Crippen molar-refractivity contribution in [2.24, 2.45) is 0 Å². The number of benzene rings is 1. The summed E-state index contributed by atoms with van der Waals surface area (Å²) in [5, 5.41) is 6.11. The number of amides is 1. The molecule has 0 spiro atoms. The SMILES string of the molecule is O=C(Oc1ccc(Nc2ncc(F)c(-c3ccc4c(c3)OCCO4)n2)nc1)N1CCNCC1. The molecule has 0 atom stereocenters. The molecule has 0 radical (unpaired) electrons. The first kappa shape index (κ1) is 20.9. The van der Waals surface area contributed by atoms with Gasteiger partial charge < -0.3 is 29.7 Å². The molecule has 2 aliphatic rings. The number of anilines is 2. The molecule has 170 valence electrons. The molecule has 2 aliphatic heterocycles. The Labute approximate surface area is 188 Å². The van der Waals surface area contributed by atoms with Crippen LogP contribution in [0.3, 0.4) is 0 Å². The summed E-state index contributed by atoms with van der Waals surface area (Å²) in [6, 6.07) is 8.35. The number of nitrogens with one attached hydrogen (secondary N) is 2. The van der Waals surface area contributed by atoms with E-state index in [1.165, 1.54) is 6.20 Å². The highest BCUT2D eigenvalue weighted by atomic mass is 19.1. The number of aromatic nitrogens is 3. The summed E-state index contributed by atoms with van der Waals surface area (Å²) in [5.41, 5.74) is 0.649. The maximum atomic E-state index is 14.5. The van der Waals surface area contributed by atoms with E-state index in [2.05, 4.69) is 25.6 Å². The number of nitrogens with zero attached hydrogens (tertiary/aromatic N) is 4. The first-order chi connectivity index (χ1) is 16.2. The predicted molar refractivity (Wildman–Crippen MR) is 116 cm³/mol. The second kappa shape index (κ2) is 9.25. The van der Waals surface area contributed by atoms with Crippen LogP contribution in [0.4, 0.5) is 21.0 Å². The molecule has 4 heterocycles. The monoisotopic (exact) mass is 452 g/mol. The number of fused-ring (bicyclic) bond motifs is 1. The fraction of sp³-hybridized carbons (Fsp3) is 0.273. The number of pyridine rings is 1. The van der Waals surface area contributed by atoms with E-state index in [9.17, 15) is 9.18 Å². The Bertz CT molecular complexity index is 1150. The topological polar surface area (TPSA) is 111 Å². The smallest absolute Gasteiger partial charge is 0.415 e. The lowest BCUT2D eigenvalue weighted by molar-refractivity contribution is 0.145. The van der Waals surface area contributed by atoms with E-state index in [1.807, 2.05) is 0 Å². The number of carbonyl (C=O) groups is 1. The van der Waals surface area contributed by atoms with Gasteiger partial charge in [-0.3, -0.25) is 0 Å². The third-order valence-corrected chi connectivity index (χ3v) is 5.12. The molecule has 5 rings (SSSR count). The van der Waals surface area contributed by atoms with E-state index in [0.29, 0.717) is 54.9 Å². The zero-order valence-electron chi connectivity index (χ0n) is 17.6. The van der Waals surface area contributed by atoms with Crippen molar-refractivity contribution >= 4 is 17.9 Å². The lowest BCUT2D eigenvalue weighted by Gasteiger charge is -2.26. The van der Waals surface area contributed by atoms with Gasteiger partial charge in [-0.2, -0.15) is 0 Å². The minimum atomic E-state index is -0.569. The van der Waals surface area contributed by atoms with E-state index >= 15 is 0 Å². The van der Waals surface area contributed by atoms with Crippen LogP contribution in [0.15, 0.2) is 42.7 Å².